The van der Waals surface area contributed by atoms with Crippen molar-refractivity contribution in [2.24, 2.45) is 0 Å². The van der Waals surface area contributed by atoms with Crippen molar-refractivity contribution in [3.63, 3.8) is 0 Å². The maximum Gasteiger partial charge on any atom is 0.148 e. The molecule has 0 saturated heterocycles. The molecule has 1 heterocycles. The van der Waals surface area contributed by atoms with Gasteiger partial charge in [0.15, 0.2) is 0 Å². The van der Waals surface area contributed by atoms with E-state index in [2.05, 4.69) is 11.2 Å². The van der Waals surface area contributed by atoms with Crippen molar-refractivity contribution in [1.82, 2.24) is 9.78 Å². The number of para-hydroxylation sites is 1. The molecule has 0 amide bonds. The van der Waals surface area contributed by atoms with Crippen molar-refractivity contribution in [3.8, 4) is 23.0 Å². The molecule has 0 saturated carbocycles. The van der Waals surface area contributed by atoms with Crippen LogP contribution in [0.2, 0.25) is 0 Å². The number of rotatable bonds is 2. The predicted octanol–water partition coefficient (Wildman–Crippen LogP) is 3.55. The van der Waals surface area contributed by atoms with Crippen molar-refractivity contribution in [3.05, 3.63) is 72.2 Å². The van der Waals surface area contributed by atoms with Crippen LogP contribution in [-0.4, -0.2) is 9.78 Å². The first kappa shape index (κ1) is 12.1. The lowest BCUT2D eigenvalue weighted by molar-refractivity contribution is 0.611. The van der Waals surface area contributed by atoms with E-state index in [0.29, 0.717) is 16.9 Å². The number of halogens is 1. The minimum absolute atomic E-state index is 0.325. The SMILES string of the molecule is N#Cc1cn(-c2ccccc2F)nc1-c1ccccc1. The maximum absolute atomic E-state index is 13.8. The molecule has 3 aromatic rings. The molecule has 0 aliphatic heterocycles. The van der Waals surface area contributed by atoms with Crippen LogP contribution in [0.1, 0.15) is 5.56 Å². The third-order valence-electron chi connectivity index (χ3n) is 2.98. The quantitative estimate of drug-likeness (QED) is 0.709. The fourth-order valence-corrected chi connectivity index (χ4v) is 2.03. The molecule has 3 rings (SSSR count). The summed E-state index contributed by atoms with van der Waals surface area (Å²) in [5.74, 6) is -0.376. The molecule has 0 bridgehead atoms. The summed E-state index contributed by atoms with van der Waals surface area (Å²) >= 11 is 0. The van der Waals surface area contributed by atoms with E-state index >= 15 is 0 Å². The molecule has 0 aliphatic carbocycles. The van der Waals surface area contributed by atoms with Crippen molar-refractivity contribution in [2.75, 3.05) is 0 Å². The molecule has 0 radical (unpaired) electrons. The molecule has 3 nitrogen and oxygen atoms in total. The molecule has 0 atom stereocenters. The lowest BCUT2D eigenvalue weighted by atomic mass is 10.1. The summed E-state index contributed by atoms with van der Waals surface area (Å²) in [6.45, 7) is 0. The first-order chi connectivity index (χ1) is 9.79. The number of hydrogen-bond acceptors (Lipinski definition) is 2. The maximum atomic E-state index is 13.8. The van der Waals surface area contributed by atoms with Crippen molar-refractivity contribution in [2.45, 2.75) is 0 Å². The van der Waals surface area contributed by atoms with Gasteiger partial charge in [0.1, 0.15) is 23.3 Å². The summed E-state index contributed by atoms with van der Waals surface area (Å²) in [5, 5.41) is 13.5. The van der Waals surface area contributed by atoms with Crippen LogP contribution in [0.4, 0.5) is 4.39 Å². The molecule has 96 valence electrons. The monoisotopic (exact) mass is 263 g/mol. The Morgan fingerprint density at radius 1 is 1.00 bits per heavy atom. The molecular formula is C16H10FN3. The van der Waals surface area contributed by atoms with Gasteiger partial charge in [-0.25, -0.2) is 9.07 Å². The molecule has 0 unspecified atom stereocenters. The van der Waals surface area contributed by atoms with Crippen LogP contribution in [0.15, 0.2) is 60.8 Å². The Balaban J connectivity index is 2.16. The van der Waals surface area contributed by atoms with Crippen molar-refractivity contribution >= 4 is 0 Å². The van der Waals surface area contributed by atoms with E-state index in [0.717, 1.165) is 5.56 Å². The minimum atomic E-state index is -0.376. The number of aromatic nitrogens is 2. The van der Waals surface area contributed by atoms with E-state index in [9.17, 15) is 9.65 Å². The second kappa shape index (κ2) is 4.98. The lowest BCUT2D eigenvalue weighted by Gasteiger charge is -2.02. The Bertz CT molecular complexity index is 785. The van der Waals surface area contributed by atoms with Crippen LogP contribution in [0.5, 0.6) is 0 Å². The number of benzene rings is 2. The average molecular weight is 263 g/mol. The standard InChI is InChI=1S/C16H10FN3/c17-14-8-4-5-9-15(14)20-11-13(10-18)16(19-20)12-6-2-1-3-7-12/h1-9,11H. The van der Waals surface area contributed by atoms with Gasteiger partial charge < -0.3 is 0 Å². The molecule has 1 aromatic heterocycles. The number of nitriles is 1. The minimum Gasteiger partial charge on any atom is -0.236 e. The molecule has 20 heavy (non-hydrogen) atoms. The van der Waals surface area contributed by atoms with Crippen LogP contribution < -0.4 is 0 Å². The first-order valence-electron chi connectivity index (χ1n) is 6.09. The van der Waals surface area contributed by atoms with Crippen molar-refractivity contribution < 1.29 is 4.39 Å². The summed E-state index contributed by atoms with van der Waals surface area (Å²) in [6.07, 6.45) is 1.54. The summed E-state index contributed by atoms with van der Waals surface area (Å²) in [5.41, 5.74) is 2.13. The highest BCUT2D eigenvalue weighted by Crippen LogP contribution is 2.23. The molecule has 0 N–H and O–H groups in total. The van der Waals surface area contributed by atoms with Crippen LogP contribution in [-0.2, 0) is 0 Å². The Labute approximate surface area is 115 Å². The summed E-state index contributed by atoms with van der Waals surface area (Å²) < 4.78 is 15.2. The van der Waals surface area contributed by atoms with Crippen LogP contribution in [0, 0.1) is 17.1 Å². The third kappa shape index (κ3) is 2.06. The highest BCUT2D eigenvalue weighted by molar-refractivity contribution is 5.66. The molecule has 2 aromatic carbocycles. The third-order valence-corrected chi connectivity index (χ3v) is 2.98. The van der Waals surface area contributed by atoms with Crippen LogP contribution in [0.25, 0.3) is 16.9 Å². The summed E-state index contributed by atoms with van der Waals surface area (Å²) in [6, 6.07) is 17.8. The highest BCUT2D eigenvalue weighted by atomic mass is 19.1. The van der Waals surface area contributed by atoms with Gasteiger partial charge in [0.05, 0.1) is 5.56 Å². The Kier molecular flexibility index (Phi) is 3.02. The van der Waals surface area contributed by atoms with E-state index in [1.54, 1.807) is 24.4 Å². The molecule has 0 spiro atoms. The van der Waals surface area contributed by atoms with Crippen molar-refractivity contribution in [1.29, 1.82) is 5.26 Å². The second-order valence-electron chi connectivity index (χ2n) is 4.27. The fourth-order valence-electron chi connectivity index (χ4n) is 2.03. The van der Waals surface area contributed by atoms with Crippen LogP contribution >= 0.6 is 0 Å². The number of hydrogen-bond donors (Lipinski definition) is 0. The Hall–Kier alpha value is -2.93. The van der Waals surface area contributed by atoms with Gasteiger partial charge in [-0.2, -0.15) is 10.4 Å². The smallest absolute Gasteiger partial charge is 0.148 e. The van der Waals surface area contributed by atoms with Gasteiger partial charge in [-0.3, -0.25) is 0 Å². The van der Waals surface area contributed by atoms with Gasteiger partial charge in [0, 0.05) is 11.8 Å². The molecule has 4 heteroatoms. The van der Waals surface area contributed by atoms with Gasteiger partial charge in [-0.05, 0) is 12.1 Å². The van der Waals surface area contributed by atoms with E-state index in [1.807, 2.05) is 30.3 Å². The zero-order chi connectivity index (χ0) is 13.9. The average Bonchev–Trinajstić information content (AvgIpc) is 2.92. The molecule has 0 fully saturated rings. The van der Waals surface area contributed by atoms with Gasteiger partial charge >= 0.3 is 0 Å². The van der Waals surface area contributed by atoms with E-state index in [4.69, 9.17) is 0 Å². The molecular weight excluding hydrogens is 253 g/mol. The Morgan fingerprint density at radius 2 is 1.70 bits per heavy atom. The van der Waals surface area contributed by atoms with Gasteiger partial charge in [-0.1, -0.05) is 42.5 Å². The predicted molar refractivity (Wildman–Crippen MR) is 73.7 cm³/mol. The first-order valence-corrected chi connectivity index (χ1v) is 6.09. The van der Waals surface area contributed by atoms with E-state index < -0.39 is 0 Å². The van der Waals surface area contributed by atoms with Gasteiger partial charge in [0.25, 0.3) is 0 Å². The topological polar surface area (TPSA) is 41.6 Å². The summed E-state index contributed by atoms with van der Waals surface area (Å²) in [7, 11) is 0. The van der Waals surface area contributed by atoms with Crippen LogP contribution in [0.3, 0.4) is 0 Å². The largest absolute Gasteiger partial charge is 0.236 e. The lowest BCUT2D eigenvalue weighted by Crippen LogP contribution is -1.97. The normalized spacial score (nSPS) is 10.2. The molecule has 0 aliphatic rings. The zero-order valence-electron chi connectivity index (χ0n) is 10.5. The van der Waals surface area contributed by atoms with Gasteiger partial charge in [0.2, 0.25) is 0 Å². The van der Waals surface area contributed by atoms with Gasteiger partial charge in [-0.15, -0.1) is 0 Å². The second-order valence-corrected chi connectivity index (χ2v) is 4.27. The zero-order valence-corrected chi connectivity index (χ0v) is 10.5. The van der Waals surface area contributed by atoms with E-state index in [-0.39, 0.29) is 5.82 Å². The fraction of sp³-hybridized carbons (Fsp3) is 0. The van der Waals surface area contributed by atoms with E-state index in [1.165, 1.54) is 10.7 Å². The highest BCUT2D eigenvalue weighted by Gasteiger charge is 2.13. The Morgan fingerprint density at radius 3 is 2.40 bits per heavy atom. The summed E-state index contributed by atoms with van der Waals surface area (Å²) in [4.78, 5) is 0. The number of nitrogens with zero attached hydrogens (tertiary/aromatic N) is 3.